The Labute approximate surface area is 91.8 Å². The maximum atomic E-state index is 11.5. The first-order valence-electron chi connectivity index (χ1n) is 6.14. The second-order valence-corrected chi connectivity index (χ2v) is 5.42. The zero-order chi connectivity index (χ0) is 11.0. The van der Waals surface area contributed by atoms with Crippen molar-refractivity contribution in [3.63, 3.8) is 0 Å². The highest BCUT2D eigenvalue weighted by Gasteiger charge is 2.42. The molecule has 3 heteroatoms. The molecule has 0 radical (unpaired) electrons. The lowest BCUT2D eigenvalue weighted by Crippen LogP contribution is -2.46. The summed E-state index contributed by atoms with van der Waals surface area (Å²) >= 11 is 0. The van der Waals surface area contributed by atoms with Crippen molar-refractivity contribution >= 4 is 5.91 Å². The molecule has 2 aliphatic rings. The van der Waals surface area contributed by atoms with Crippen LogP contribution in [0.1, 0.15) is 39.5 Å². The van der Waals surface area contributed by atoms with Crippen LogP contribution in [0.3, 0.4) is 0 Å². The predicted molar refractivity (Wildman–Crippen MR) is 60.2 cm³/mol. The van der Waals surface area contributed by atoms with E-state index < -0.39 is 0 Å². The van der Waals surface area contributed by atoms with E-state index in [1.165, 1.54) is 25.7 Å². The minimum Gasteiger partial charge on any atom is -0.352 e. The first kappa shape index (κ1) is 10.9. The Morgan fingerprint density at radius 3 is 2.53 bits per heavy atom. The molecular weight excluding hydrogens is 188 g/mol. The molecule has 86 valence electrons. The van der Waals surface area contributed by atoms with Crippen LogP contribution < -0.4 is 11.1 Å². The standard InChI is InChI=1S/C12H22N2O/c1-7(13)12(15)14-8(2)11-6-9-3-4-10(11)5-9/h7-11H,3-6,13H2,1-2H3,(H,14,15). The molecule has 3 nitrogen and oxygen atoms in total. The summed E-state index contributed by atoms with van der Waals surface area (Å²) in [5, 5.41) is 3.04. The van der Waals surface area contributed by atoms with Gasteiger partial charge in [0.2, 0.25) is 5.91 Å². The fraction of sp³-hybridized carbons (Fsp3) is 0.917. The molecule has 15 heavy (non-hydrogen) atoms. The van der Waals surface area contributed by atoms with Crippen LogP contribution in [0.15, 0.2) is 0 Å². The average Bonchev–Trinajstić information content (AvgIpc) is 2.78. The molecule has 2 rings (SSSR count). The second kappa shape index (κ2) is 4.12. The minimum atomic E-state index is -0.383. The van der Waals surface area contributed by atoms with E-state index in [9.17, 15) is 4.79 Å². The van der Waals surface area contributed by atoms with Crippen LogP contribution in [0, 0.1) is 17.8 Å². The molecule has 3 N–H and O–H groups in total. The Bertz CT molecular complexity index is 252. The van der Waals surface area contributed by atoms with E-state index in [0.717, 1.165) is 11.8 Å². The van der Waals surface area contributed by atoms with Gasteiger partial charge in [0.05, 0.1) is 6.04 Å². The summed E-state index contributed by atoms with van der Waals surface area (Å²) < 4.78 is 0. The number of hydrogen-bond donors (Lipinski definition) is 2. The Balaban J connectivity index is 1.86. The first-order valence-corrected chi connectivity index (χ1v) is 6.14. The molecule has 5 unspecified atom stereocenters. The second-order valence-electron chi connectivity index (χ2n) is 5.42. The van der Waals surface area contributed by atoms with Crippen molar-refractivity contribution in [3.8, 4) is 0 Å². The van der Waals surface area contributed by atoms with Gasteiger partial charge in [-0.25, -0.2) is 0 Å². The SMILES string of the molecule is CC(N)C(=O)NC(C)C1CC2CCC1C2. The normalized spacial score (nSPS) is 37.7. The van der Waals surface area contributed by atoms with E-state index in [0.29, 0.717) is 12.0 Å². The van der Waals surface area contributed by atoms with Crippen LogP contribution in [0.25, 0.3) is 0 Å². The van der Waals surface area contributed by atoms with Gasteiger partial charge in [-0.2, -0.15) is 0 Å². The van der Waals surface area contributed by atoms with Gasteiger partial charge < -0.3 is 11.1 Å². The Kier molecular flexibility index (Phi) is 3.01. The topological polar surface area (TPSA) is 55.1 Å². The van der Waals surface area contributed by atoms with E-state index in [1.807, 2.05) is 0 Å². The summed E-state index contributed by atoms with van der Waals surface area (Å²) in [6, 6.07) is -0.0789. The lowest BCUT2D eigenvalue weighted by molar-refractivity contribution is -0.123. The Morgan fingerprint density at radius 2 is 2.07 bits per heavy atom. The van der Waals surface area contributed by atoms with Crippen molar-refractivity contribution in [1.29, 1.82) is 0 Å². The van der Waals surface area contributed by atoms with Crippen LogP contribution in [-0.2, 0) is 4.79 Å². The summed E-state index contributed by atoms with van der Waals surface area (Å²) in [6.07, 6.45) is 5.48. The van der Waals surface area contributed by atoms with Gasteiger partial charge in [-0.1, -0.05) is 6.42 Å². The van der Waals surface area contributed by atoms with E-state index in [1.54, 1.807) is 6.92 Å². The van der Waals surface area contributed by atoms with Crippen LogP contribution in [0.4, 0.5) is 0 Å². The highest BCUT2D eigenvalue weighted by molar-refractivity contribution is 5.81. The third kappa shape index (κ3) is 2.17. The summed E-state index contributed by atoms with van der Waals surface area (Å²) in [6.45, 7) is 3.87. The number of fused-ring (bicyclic) bond motifs is 2. The van der Waals surface area contributed by atoms with Crippen molar-refractivity contribution in [2.45, 2.75) is 51.6 Å². The summed E-state index contributed by atoms with van der Waals surface area (Å²) in [4.78, 5) is 11.5. The van der Waals surface area contributed by atoms with E-state index in [-0.39, 0.29) is 11.9 Å². The molecule has 2 bridgehead atoms. The molecule has 0 heterocycles. The van der Waals surface area contributed by atoms with Gasteiger partial charge in [0.25, 0.3) is 0 Å². The average molecular weight is 210 g/mol. The summed E-state index contributed by atoms with van der Waals surface area (Å²) in [7, 11) is 0. The van der Waals surface area contributed by atoms with Crippen molar-refractivity contribution in [2.24, 2.45) is 23.5 Å². The third-order valence-electron chi connectivity index (χ3n) is 4.22. The van der Waals surface area contributed by atoms with E-state index in [2.05, 4.69) is 12.2 Å². The van der Waals surface area contributed by atoms with Crippen molar-refractivity contribution in [2.75, 3.05) is 0 Å². The smallest absolute Gasteiger partial charge is 0.236 e. The molecule has 2 saturated carbocycles. The molecule has 0 aromatic heterocycles. The monoisotopic (exact) mass is 210 g/mol. The first-order chi connectivity index (χ1) is 7.08. The zero-order valence-electron chi connectivity index (χ0n) is 9.70. The van der Waals surface area contributed by atoms with E-state index >= 15 is 0 Å². The molecule has 2 fully saturated rings. The molecule has 0 aromatic rings. The quantitative estimate of drug-likeness (QED) is 0.737. The number of carbonyl (C=O) groups is 1. The van der Waals surface area contributed by atoms with Gasteiger partial charge in [-0.3, -0.25) is 4.79 Å². The van der Waals surface area contributed by atoms with E-state index in [4.69, 9.17) is 5.73 Å². The Morgan fingerprint density at radius 1 is 1.33 bits per heavy atom. The van der Waals surface area contributed by atoms with Gasteiger partial charge >= 0.3 is 0 Å². The predicted octanol–water partition coefficient (Wildman–Crippen LogP) is 1.27. The fourth-order valence-corrected chi connectivity index (χ4v) is 3.37. The van der Waals surface area contributed by atoms with Crippen LogP contribution in [0.5, 0.6) is 0 Å². The van der Waals surface area contributed by atoms with Crippen LogP contribution in [-0.4, -0.2) is 18.0 Å². The summed E-state index contributed by atoms with van der Waals surface area (Å²) in [5.74, 6) is 2.49. The van der Waals surface area contributed by atoms with Crippen LogP contribution in [0.2, 0.25) is 0 Å². The molecule has 0 saturated heterocycles. The number of nitrogens with one attached hydrogen (secondary N) is 1. The molecule has 0 aromatic carbocycles. The number of amides is 1. The van der Waals surface area contributed by atoms with Gasteiger partial charge in [0, 0.05) is 6.04 Å². The number of rotatable bonds is 3. The molecule has 0 aliphatic heterocycles. The van der Waals surface area contributed by atoms with Crippen molar-refractivity contribution < 1.29 is 4.79 Å². The maximum Gasteiger partial charge on any atom is 0.236 e. The fourth-order valence-electron chi connectivity index (χ4n) is 3.37. The molecule has 5 atom stereocenters. The van der Waals surface area contributed by atoms with Crippen molar-refractivity contribution in [3.05, 3.63) is 0 Å². The highest BCUT2D eigenvalue weighted by atomic mass is 16.2. The zero-order valence-corrected chi connectivity index (χ0v) is 9.70. The highest BCUT2D eigenvalue weighted by Crippen LogP contribution is 2.49. The van der Waals surface area contributed by atoms with Gasteiger partial charge in [0.15, 0.2) is 0 Å². The molecule has 2 aliphatic carbocycles. The number of hydrogen-bond acceptors (Lipinski definition) is 2. The minimum absolute atomic E-state index is 0.00901. The van der Waals surface area contributed by atoms with Gasteiger partial charge in [-0.15, -0.1) is 0 Å². The maximum absolute atomic E-state index is 11.5. The summed E-state index contributed by atoms with van der Waals surface area (Å²) in [5.41, 5.74) is 5.55. The number of nitrogens with two attached hydrogens (primary N) is 1. The Hall–Kier alpha value is -0.570. The lowest BCUT2D eigenvalue weighted by atomic mass is 9.84. The van der Waals surface area contributed by atoms with Gasteiger partial charge in [0.1, 0.15) is 0 Å². The van der Waals surface area contributed by atoms with Crippen molar-refractivity contribution in [1.82, 2.24) is 5.32 Å². The third-order valence-corrected chi connectivity index (χ3v) is 4.22. The lowest BCUT2D eigenvalue weighted by Gasteiger charge is -2.29. The molecule has 0 spiro atoms. The number of carbonyl (C=O) groups excluding carboxylic acids is 1. The largest absolute Gasteiger partial charge is 0.352 e. The molecular formula is C12H22N2O. The molecule has 1 amide bonds. The van der Waals surface area contributed by atoms with Gasteiger partial charge in [-0.05, 0) is 50.9 Å². The van der Waals surface area contributed by atoms with Crippen LogP contribution >= 0.6 is 0 Å².